The van der Waals surface area contributed by atoms with Gasteiger partial charge in [-0.2, -0.15) is 0 Å². The van der Waals surface area contributed by atoms with E-state index in [0.29, 0.717) is 19.3 Å². The van der Waals surface area contributed by atoms with E-state index < -0.39 is 12.1 Å². The first kappa shape index (κ1) is 72.3. The van der Waals surface area contributed by atoms with E-state index in [1.807, 2.05) is 12.2 Å². The van der Waals surface area contributed by atoms with E-state index in [4.69, 9.17) is 14.2 Å². The highest BCUT2D eigenvalue weighted by Gasteiger charge is 2.19. The van der Waals surface area contributed by atoms with Crippen molar-refractivity contribution in [3.8, 4) is 0 Å². The van der Waals surface area contributed by atoms with Gasteiger partial charge in [-0.3, -0.25) is 14.4 Å². The second-order valence-corrected chi connectivity index (χ2v) is 20.2. The minimum Gasteiger partial charge on any atom is -0.462 e. The van der Waals surface area contributed by atoms with Crippen LogP contribution in [0, 0.1) is 0 Å². The van der Waals surface area contributed by atoms with Gasteiger partial charge in [0.05, 0.1) is 0 Å². The molecule has 0 saturated heterocycles. The fourth-order valence-electron chi connectivity index (χ4n) is 8.24. The molecule has 0 N–H and O–H groups in total. The van der Waals surface area contributed by atoms with Crippen molar-refractivity contribution in [3.63, 3.8) is 0 Å². The lowest BCUT2D eigenvalue weighted by atomic mass is 10.0. The van der Waals surface area contributed by atoms with Crippen LogP contribution in [0.4, 0.5) is 0 Å². The van der Waals surface area contributed by atoms with Gasteiger partial charge < -0.3 is 14.2 Å². The predicted octanol–water partition coefficient (Wildman–Crippen LogP) is 21.5. The summed E-state index contributed by atoms with van der Waals surface area (Å²) in [7, 11) is 0. The van der Waals surface area contributed by atoms with Crippen molar-refractivity contribution in [1.29, 1.82) is 0 Å². The van der Waals surface area contributed by atoms with Crippen LogP contribution < -0.4 is 0 Å². The standard InChI is InChI=1S/C71H114O6/c1-4-7-10-13-16-19-22-25-28-31-33-34-35-36-38-40-43-46-49-52-55-58-61-64-70(73)76-67-68(66-75-69(72)63-60-57-54-51-48-45-42-39-30-27-24-21-18-15-12-9-6-3)77-71(74)65-62-59-56-53-50-47-44-41-37-32-29-26-23-20-17-14-11-8-5-2/h7-8,10-11,16-17,19-20,25-26,28-29,33-34,36-38,41,43,46-47,50,56,59,68H,4-6,9,12-15,18,21-24,27,30-32,35,39-40,42,44-45,48-49,51-55,57-58,60-67H2,1-3H3/b10-7-,11-8-,19-16-,20-17-,28-25-,29-26-,34-33-,38-36-,41-37-,46-43-,50-47-,59-56-. The van der Waals surface area contributed by atoms with Crippen LogP contribution in [0.2, 0.25) is 0 Å². The number of rotatable bonds is 55. The summed E-state index contributed by atoms with van der Waals surface area (Å²) in [4.78, 5) is 38.3. The lowest BCUT2D eigenvalue weighted by molar-refractivity contribution is -0.166. The van der Waals surface area contributed by atoms with Gasteiger partial charge in [0.25, 0.3) is 0 Å². The van der Waals surface area contributed by atoms with Crippen molar-refractivity contribution in [2.75, 3.05) is 13.2 Å². The van der Waals surface area contributed by atoms with Crippen molar-refractivity contribution in [3.05, 3.63) is 146 Å². The Morgan fingerprint density at radius 2 is 0.532 bits per heavy atom. The fourth-order valence-corrected chi connectivity index (χ4v) is 8.24. The first-order valence-electron chi connectivity index (χ1n) is 31.3. The van der Waals surface area contributed by atoms with Crippen LogP contribution in [0.15, 0.2) is 146 Å². The molecule has 0 aromatic carbocycles. The van der Waals surface area contributed by atoms with E-state index >= 15 is 0 Å². The summed E-state index contributed by atoms with van der Waals surface area (Å²) in [5.74, 6) is -1.03. The van der Waals surface area contributed by atoms with Gasteiger partial charge >= 0.3 is 17.9 Å². The van der Waals surface area contributed by atoms with E-state index in [1.165, 1.54) is 89.9 Å². The number of hydrogen-bond acceptors (Lipinski definition) is 6. The molecule has 0 saturated carbocycles. The molecule has 0 fully saturated rings. The van der Waals surface area contributed by atoms with E-state index in [0.717, 1.165) is 128 Å². The molecule has 1 unspecified atom stereocenters. The van der Waals surface area contributed by atoms with Crippen molar-refractivity contribution in [1.82, 2.24) is 0 Å². The Hall–Kier alpha value is -4.71. The zero-order chi connectivity index (χ0) is 55.7. The first-order chi connectivity index (χ1) is 38.0. The first-order valence-corrected chi connectivity index (χ1v) is 31.3. The Kier molecular flexibility index (Phi) is 59.9. The molecular weight excluding hydrogens is 949 g/mol. The normalized spacial score (nSPS) is 13.1. The Labute approximate surface area is 474 Å². The van der Waals surface area contributed by atoms with Crippen LogP contribution in [0.1, 0.15) is 265 Å². The number of allylic oxidation sites excluding steroid dienone is 24. The van der Waals surface area contributed by atoms with Crippen LogP contribution in [0.3, 0.4) is 0 Å². The van der Waals surface area contributed by atoms with Gasteiger partial charge in [-0.25, -0.2) is 0 Å². The van der Waals surface area contributed by atoms with Crippen molar-refractivity contribution >= 4 is 17.9 Å². The quantitative estimate of drug-likeness (QED) is 0.0261. The van der Waals surface area contributed by atoms with Gasteiger partial charge in [-0.1, -0.05) is 282 Å². The van der Waals surface area contributed by atoms with Gasteiger partial charge in [0.2, 0.25) is 0 Å². The Morgan fingerprint density at radius 1 is 0.273 bits per heavy atom. The molecule has 0 bridgehead atoms. The second-order valence-electron chi connectivity index (χ2n) is 20.2. The summed E-state index contributed by atoms with van der Waals surface area (Å²) in [6.07, 6.45) is 91.4. The summed E-state index contributed by atoms with van der Waals surface area (Å²) in [5, 5.41) is 0. The smallest absolute Gasteiger partial charge is 0.306 e. The average molecular weight is 1060 g/mol. The fraction of sp³-hybridized carbons (Fsp3) is 0.620. The highest BCUT2D eigenvalue weighted by molar-refractivity contribution is 5.71. The van der Waals surface area contributed by atoms with Crippen LogP contribution in [-0.4, -0.2) is 37.2 Å². The molecule has 1 atom stereocenters. The Morgan fingerprint density at radius 3 is 0.844 bits per heavy atom. The average Bonchev–Trinajstić information content (AvgIpc) is 3.43. The summed E-state index contributed by atoms with van der Waals surface area (Å²) >= 11 is 0. The molecule has 0 rings (SSSR count). The molecule has 0 aliphatic carbocycles. The molecule has 0 aromatic heterocycles. The van der Waals surface area contributed by atoms with Crippen molar-refractivity contribution in [2.24, 2.45) is 0 Å². The number of hydrogen-bond donors (Lipinski definition) is 0. The van der Waals surface area contributed by atoms with E-state index in [-0.39, 0.29) is 31.6 Å². The summed E-state index contributed by atoms with van der Waals surface area (Å²) in [6, 6.07) is 0. The third kappa shape index (κ3) is 62.0. The Bertz CT molecular complexity index is 1700. The zero-order valence-electron chi connectivity index (χ0n) is 49.7. The number of unbranched alkanes of at least 4 members (excludes halogenated alkanes) is 20. The topological polar surface area (TPSA) is 78.9 Å². The molecule has 0 radical (unpaired) electrons. The molecule has 6 heteroatoms. The predicted molar refractivity (Wildman–Crippen MR) is 334 cm³/mol. The van der Waals surface area contributed by atoms with Crippen LogP contribution in [0.5, 0.6) is 0 Å². The lowest BCUT2D eigenvalue weighted by Gasteiger charge is -2.18. The minimum absolute atomic E-state index is 0.120. The third-order valence-electron chi connectivity index (χ3n) is 12.9. The molecule has 77 heavy (non-hydrogen) atoms. The van der Waals surface area contributed by atoms with Crippen LogP contribution >= 0.6 is 0 Å². The Balaban J connectivity index is 4.55. The van der Waals surface area contributed by atoms with E-state index in [9.17, 15) is 14.4 Å². The molecule has 0 aliphatic heterocycles. The molecule has 0 heterocycles. The molecule has 0 spiro atoms. The van der Waals surface area contributed by atoms with E-state index in [1.54, 1.807) is 0 Å². The van der Waals surface area contributed by atoms with E-state index in [2.05, 4.69) is 154 Å². The van der Waals surface area contributed by atoms with Gasteiger partial charge in [0, 0.05) is 19.3 Å². The van der Waals surface area contributed by atoms with Crippen LogP contribution in [-0.2, 0) is 28.6 Å². The van der Waals surface area contributed by atoms with Crippen molar-refractivity contribution < 1.29 is 28.6 Å². The van der Waals surface area contributed by atoms with Gasteiger partial charge in [0.1, 0.15) is 13.2 Å². The monoisotopic (exact) mass is 1060 g/mol. The number of esters is 3. The molecule has 6 nitrogen and oxygen atoms in total. The summed E-state index contributed by atoms with van der Waals surface area (Å²) < 4.78 is 16.8. The lowest BCUT2D eigenvalue weighted by Crippen LogP contribution is -2.30. The van der Waals surface area contributed by atoms with Crippen molar-refractivity contribution in [2.45, 2.75) is 271 Å². The highest BCUT2D eigenvalue weighted by atomic mass is 16.6. The van der Waals surface area contributed by atoms with Crippen LogP contribution in [0.25, 0.3) is 0 Å². The summed E-state index contributed by atoms with van der Waals surface area (Å²) in [6.45, 7) is 6.34. The van der Waals surface area contributed by atoms with Gasteiger partial charge in [0.15, 0.2) is 6.10 Å². The maximum atomic E-state index is 12.9. The highest BCUT2D eigenvalue weighted by Crippen LogP contribution is 2.15. The maximum Gasteiger partial charge on any atom is 0.306 e. The molecule has 0 aliphatic rings. The molecule has 0 amide bonds. The second kappa shape index (κ2) is 63.8. The zero-order valence-corrected chi connectivity index (χ0v) is 49.7. The molecule has 0 aromatic rings. The number of ether oxygens (including phenoxy) is 3. The minimum atomic E-state index is -0.836. The maximum absolute atomic E-state index is 12.9. The largest absolute Gasteiger partial charge is 0.462 e. The molecular formula is C71H114O6. The summed E-state index contributed by atoms with van der Waals surface area (Å²) in [5.41, 5.74) is 0. The molecule has 434 valence electrons. The SMILES string of the molecule is CC/C=C\C/C=C\C/C=C\C/C=C\C/C=C\C/C=C\CCCCCCC(=O)OCC(COC(=O)CCCCCCCCCCCCCCCCCCC)OC(=O)CC/C=C\C/C=C\C/C=C\C/C=C\C/C=C\C/C=C\CC. The third-order valence-corrected chi connectivity index (χ3v) is 12.9. The number of carbonyl (C=O) groups is 3. The van der Waals surface area contributed by atoms with Gasteiger partial charge in [-0.05, 0) is 109 Å². The number of carbonyl (C=O) groups excluding carboxylic acids is 3. The van der Waals surface area contributed by atoms with Gasteiger partial charge in [-0.15, -0.1) is 0 Å².